The standard InChI is InChI=1S/C16H25NO6Si2/c1-24(2,3)16(19)14(23-25(4,5)6)11-22-15(18)12-7-9-13(10-8-12)17(20)21/h7-10,14H,11H2,1-6H3/t14-/m0/s1. The van der Waals surface area contributed by atoms with Crippen molar-refractivity contribution in [1.29, 1.82) is 0 Å². The lowest BCUT2D eigenvalue weighted by Crippen LogP contribution is -2.49. The molecule has 1 aromatic carbocycles. The minimum Gasteiger partial charge on any atom is -0.459 e. The molecule has 25 heavy (non-hydrogen) atoms. The monoisotopic (exact) mass is 383 g/mol. The summed E-state index contributed by atoms with van der Waals surface area (Å²) in [6.45, 7) is 11.5. The van der Waals surface area contributed by atoms with E-state index in [0.29, 0.717) is 0 Å². The molecular formula is C16H25NO6Si2. The fourth-order valence-electron chi connectivity index (χ4n) is 2.03. The normalized spacial score (nSPS) is 13.2. The van der Waals surface area contributed by atoms with Crippen LogP contribution in [-0.4, -0.2) is 45.4 Å². The van der Waals surface area contributed by atoms with Gasteiger partial charge in [0.25, 0.3) is 5.69 Å². The second-order valence-corrected chi connectivity index (χ2v) is 17.2. The maximum Gasteiger partial charge on any atom is 0.338 e. The first kappa shape index (κ1) is 21.2. The van der Waals surface area contributed by atoms with Crippen LogP contribution in [-0.2, 0) is 14.0 Å². The lowest BCUT2D eigenvalue weighted by atomic mass is 10.2. The van der Waals surface area contributed by atoms with Crippen LogP contribution in [0.2, 0.25) is 39.3 Å². The summed E-state index contributed by atoms with van der Waals surface area (Å²) < 4.78 is 11.2. The molecular weight excluding hydrogens is 358 g/mol. The van der Waals surface area contributed by atoms with E-state index in [1.54, 1.807) is 0 Å². The van der Waals surface area contributed by atoms with Crippen molar-refractivity contribution in [3.05, 3.63) is 39.9 Å². The summed E-state index contributed by atoms with van der Waals surface area (Å²) in [6, 6.07) is 5.13. The topological polar surface area (TPSA) is 95.7 Å². The number of esters is 1. The van der Waals surface area contributed by atoms with Crippen LogP contribution in [0.3, 0.4) is 0 Å². The Bertz CT molecular complexity index is 646. The van der Waals surface area contributed by atoms with E-state index >= 15 is 0 Å². The van der Waals surface area contributed by atoms with Crippen molar-refractivity contribution in [1.82, 2.24) is 0 Å². The molecule has 0 N–H and O–H groups in total. The van der Waals surface area contributed by atoms with Crippen LogP contribution in [0.15, 0.2) is 24.3 Å². The minimum atomic E-state index is -2.10. The van der Waals surface area contributed by atoms with Crippen LogP contribution in [0.5, 0.6) is 0 Å². The summed E-state index contributed by atoms with van der Waals surface area (Å²) >= 11 is 0. The lowest BCUT2D eigenvalue weighted by molar-refractivity contribution is -0.384. The SMILES string of the molecule is C[Si](C)(C)O[C@@H](COC(=O)c1ccc([N+](=O)[O-])cc1)C(=O)[Si](C)(C)C. The Morgan fingerprint density at radius 2 is 1.60 bits per heavy atom. The zero-order valence-electron chi connectivity index (χ0n) is 15.5. The zero-order valence-corrected chi connectivity index (χ0v) is 17.5. The zero-order chi connectivity index (χ0) is 19.4. The van der Waals surface area contributed by atoms with E-state index in [0.717, 1.165) is 0 Å². The summed E-state index contributed by atoms with van der Waals surface area (Å²) in [5.41, 5.74) is 0.0863. The summed E-state index contributed by atoms with van der Waals surface area (Å²) in [6.07, 6.45) is -0.764. The number of benzene rings is 1. The number of nitro benzene ring substituents is 1. The van der Waals surface area contributed by atoms with Crippen molar-refractivity contribution in [3.63, 3.8) is 0 Å². The van der Waals surface area contributed by atoms with E-state index in [-0.39, 0.29) is 23.3 Å². The van der Waals surface area contributed by atoms with Gasteiger partial charge in [-0.05, 0) is 31.8 Å². The number of hydrogen-bond donors (Lipinski definition) is 0. The van der Waals surface area contributed by atoms with E-state index in [9.17, 15) is 19.7 Å². The highest BCUT2D eigenvalue weighted by Gasteiger charge is 2.35. The third-order valence-corrected chi connectivity index (χ3v) is 6.00. The van der Waals surface area contributed by atoms with Gasteiger partial charge in [-0.2, -0.15) is 0 Å². The number of nitro groups is 1. The quantitative estimate of drug-likeness (QED) is 0.295. The van der Waals surface area contributed by atoms with E-state index in [4.69, 9.17) is 9.16 Å². The van der Waals surface area contributed by atoms with Crippen LogP contribution in [0, 0.1) is 10.1 Å². The summed E-state index contributed by atoms with van der Waals surface area (Å²) in [5, 5.41) is 10.6. The van der Waals surface area contributed by atoms with Gasteiger partial charge in [-0.3, -0.25) is 10.1 Å². The predicted octanol–water partition coefficient (Wildman–Crippen LogP) is 3.42. The lowest BCUT2D eigenvalue weighted by Gasteiger charge is -2.29. The molecule has 9 heteroatoms. The van der Waals surface area contributed by atoms with Crippen molar-refractivity contribution in [3.8, 4) is 0 Å². The van der Waals surface area contributed by atoms with Crippen molar-refractivity contribution < 1.29 is 23.7 Å². The molecule has 0 unspecified atom stereocenters. The van der Waals surface area contributed by atoms with Gasteiger partial charge >= 0.3 is 5.97 Å². The summed E-state index contributed by atoms with van der Waals surface area (Å²) in [7, 11) is -4.10. The van der Waals surface area contributed by atoms with Crippen molar-refractivity contribution in [2.45, 2.75) is 45.4 Å². The second-order valence-electron chi connectivity index (χ2n) is 7.74. The molecule has 7 nitrogen and oxygen atoms in total. The third kappa shape index (κ3) is 6.88. The van der Waals surface area contributed by atoms with Gasteiger partial charge < -0.3 is 14.0 Å². The average molecular weight is 384 g/mol. The Morgan fingerprint density at radius 3 is 2.00 bits per heavy atom. The first-order chi connectivity index (χ1) is 11.3. The van der Waals surface area contributed by atoms with Gasteiger partial charge in [0.15, 0.2) is 8.32 Å². The van der Waals surface area contributed by atoms with Crippen molar-refractivity contribution >= 4 is 33.5 Å². The average Bonchev–Trinajstić information content (AvgIpc) is 2.48. The molecule has 0 radical (unpaired) electrons. The van der Waals surface area contributed by atoms with E-state index in [1.807, 2.05) is 39.3 Å². The number of non-ortho nitro benzene ring substituents is 1. The molecule has 0 aliphatic carbocycles. The van der Waals surface area contributed by atoms with Crippen LogP contribution in [0.25, 0.3) is 0 Å². The Hall–Kier alpha value is -1.85. The highest BCUT2D eigenvalue weighted by molar-refractivity contribution is 7.04. The van der Waals surface area contributed by atoms with E-state index in [2.05, 4.69) is 0 Å². The fraction of sp³-hybridized carbons (Fsp3) is 0.500. The molecule has 0 saturated carbocycles. The molecule has 0 bridgehead atoms. The van der Waals surface area contributed by atoms with E-state index in [1.165, 1.54) is 24.3 Å². The Balaban J connectivity index is 2.82. The first-order valence-corrected chi connectivity index (χ1v) is 14.9. The molecule has 0 amide bonds. The molecule has 138 valence electrons. The molecule has 0 aliphatic rings. The fourth-order valence-corrected chi connectivity index (χ4v) is 4.28. The van der Waals surface area contributed by atoms with Crippen LogP contribution >= 0.6 is 0 Å². The number of ether oxygens (including phenoxy) is 1. The molecule has 1 atom stereocenters. The smallest absolute Gasteiger partial charge is 0.338 e. The minimum absolute atomic E-state index is 0.00595. The molecule has 1 aromatic rings. The van der Waals surface area contributed by atoms with E-state index < -0.39 is 33.4 Å². The second kappa shape index (κ2) is 8.02. The van der Waals surface area contributed by atoms with Gasteiger partial charge in [-0.15, -0.1) is 0 Å². The summed E-state index contributed by atoms with van der Waals surface area (Å²) in [5.74, 6) is -0.637. The Morgan fingerprint density at radius 1 is 1.08 bits per heavy atom. The number of carbonyl (C=O) groups excluding carboxylic acids is 2. The predicted molar refractivity (Wildman–Crippen MR) is 100.0 cm³/mol. The van der Waals surface area contributed by atoms with Gasteiger partial charge in [-0.25, -0.2) is 4.79 Å². The van der Waals surface area contributed by atoms with Gasteiger partial charge in [0.05, 0.1) is 10.5 Å². The van der Waals surface area contributed by atoms with Crippen LogP contribution in [0.1, 0.15) is 10.4 Å². The number of carbonyl (C=O) groups is 2. The van der Waals surface area contributed by atoms with Crippen LogP contribution in [0.4, 0.5) is 5.69 Å². The molecule has 0 aromatic heterocycles. The molecule has 0 fully saturated rings. The number of hydrogen-bond acceptors (Lipinski definition) is 6. The molecule has 0 aliphatic heterocycles. The third-order valence-electron chi connectivity index (χ3n) is 3.21. The molecule has 0 heterocycles. The Labute approximate surface area is 149 Å². The van der Waals surface area contributed by atoms with Gasteiger partial charge in [0.1, 0.15) is 26.2 Å². The maximum atomic E-state index is 12.6. The first-order valence-electron chi connectivity index (χ1n) is 7.95. The number of rotatable bonds is 8. The molecule has 0 spiro atoms. The largest absolute Gasteiger partial charge is 0.459 e. The Kier molecular flexibility index (Phi) is 6.80. The van der Waals surface area contributed by atoms with Crippen molar-refractivity contribution in [2.24, 2.45) is 0 Å². The molecule has 0 saturated heterocycles. The maximum absolute atomic E-state index is 12.6. The number of nitrogens with zero attached hydrogens (tertiary/aromatic N) is 1. The van der Waals surface area contributed by atoms with Gasteiger partial charge in [0.2, 0.25) is 0 Å². The van der Waals surface area contributed by atoms with Crippen LogP contribution < -0.4 is 0 Å². The van der Waals surface area contributed by atoms with Gasteiger partial charge in [0, 0.05) is 12.1 Å². The molecule has 1 rings (SSSR count). The highest BCUT2D eigenvalue weighted by Crippen LogP contribution is 2.16. The summed E-state index contributed by atoms with van der Waals surface area (Å²) in [4.78, 5) is 34.8. The van der Waals surface area contributed by atoms with Gasteiger partial charge in [-0.1, -0.05) is 19.6 Å². The van der Waals surface area contributed by atoms with Crippen molar-refractivity contribution in [2.75, 3.05) is 6.61 Å². The highest BCUT2D eigenvalue weighted by atomic mass is 28.4.